The highest BCUT2D eigenvalue weighted by atomic mass is 19.4. The number of epoxide rings is 2. The van der Waals surface area contributed by atoms with Crippen molar-refractivity contribution in [1.82, 2.24) is 0 Å². The van der Waals surface area contributed by atoms with Gasteiger partial charge in [0.25, 0.3) is 0 Å². The Hall–Kier alpha value is -2.14. The fourth-order valence-corrected chi connectivity index (χ4v) is 4.34. The molecular weight excluding hydrogens is 502 g/mol. The van der Waals surface area contributed by atoms with Crippen LogP contribution in [0.25, 0.3) is 0 Å². The minimum Gasteiger partial charge on any atom is -0.379 e. The molecule has 2 fully saturated rings. The predicted molar refractivity (Wildman–Crippen MR) is 124 cm³/mol. The lowest BCUT2D eigenvalue weighted by atomic mass is 9.72. The molecule has 37 heavy (non-hydrogen) atoms. The fraction of sp³-hybridized carbons (Fsp3) is 0.556. The Bertz CT molecular complexity index is 898. The molecule has 0 aromatic heterocycles. The first kappa shape index (κ1) is 27.9. The van der Waals surface area contributed by atoms with Crippen LogP contribution in [-0.2, 0) is 37.2 Å². The van der Waals surface area contributed by atoms with Gasteiger partial charge in [-0.15, -0.1) is 0 Å². The molecule has 0 N–H and O–H groups in total. The van der Waals surface area contributed by atoms with E-state index in [2.05, 4.69) is 0 Å². The first-order valence-electron chi connectivity index (χ1n) is 12.3. The number of hydrogen-bond acceptors (Lipinski definition) is 4. The van der Waals surface area contributed by atoms with Crippen LogP contribution in [0, 0.1) is 0 Å². The third-order valence-electron chi connectivity index (χ3n) is 6.54. The second-order valence-electron chi connectivity index (χ2n) is 9.41. The van der Waals surface area contributed by atoms with Crippen LogP contribution >= 0.6 is 0 Å². The molecule has 2 heterocycles. The molecule has 2 unspecified atom stereocenters. The standard InChI is InChI=1S/C27H30F6O4/c28-26(29,30)25(27(31,32)33,21-9-5-19(6-10-21)3-1-13-34-15-23-17-36-23)22-11-7-20(8-12-22)4-2-14-35-16-24-18-37-24/h5-12,23-24H,1-4,13-18H2. The van der Waals surface area contributed by atoms with Gasteiger partial charge in [0.05, 0.1) is 26.4 Å². The molecule has 2 aliphatic heterocycles. The van der Waals surface area contributed by atoms with Gasteiger partial charge < -0.3 is 18.9 Å². The van der Waals surface area contributed by atoms with Crippen LogP contribution in [0.5, 0.6) is 0 Å². The Morgan fingerprint density at radius 3 is 1.27 bits per heavy atom. The van der Waals surface area contributed by atoms with Crippen molar-refractivity contribution in [1.29, 1.82) is 0 Å². The maximum atomic E-state index is 14.4. The van der Waals surface area contributed by atoms with Crippen molar-refractivity contribution in [2.24, 2.45) is 0 Å². The van der Waals surface area contributed by atoms with Crippen molar-refractivity contribution in [3.8, 4) is 0 Å². The summed E-state index contributed by atoms with van der Waals surface area (Å²) in [4.78, 5) is 0. The number of alkyl halides is 6. The van der Waals surface area contributed by atoms with Gasteiger partial charge in [-0.25, -0.2) is 0 Å². The molecule has 2 aliphatic rings. The highest BCUT2D eigenvalue weighted by Crippen LogP contribution is 2.56. The van der Waals surface area contributed by atoms with Crippen LogP contribution in [0.15, 0.2) is 48.5 Å². The van der Waals surface area contributed by atoms with E-state index in [-0.39, 0.29) is 12.2 Å². The van der Waals surface area contributed by atoms with E-state index in [1.54, 1.807) is 0 Å². The number of aryl methyl sites for hydroxylation is 2. The second-order valence-corrected chi connectivity index (χ2v) is 9.41. The molecule has 4 rings (SSSR count). The first-order valence-corrected chi connectivity index (χ1v) is 12.3. The summed E-state index contributed by atoms with van der Waals surface area (Å²) in [5, 5.41) is 0. The normalized spacial score (nSPS) is 19.7. The van der Waals surface area contributed by atoms with Crippen LogP contribution in [0.2, 0.25) is 0 Å². The van der Waals surface area contributed by atoms with Crippen molar-refractivity contribution in [3.05, 3.63) is 70.8 Å². The SMILES string of the molecule is FC(F)(F)C(c1ccc(CCCOCC2CO2)cc1)(c1ccc(CCCOCC2CO2)cc1)C(F)(F)F. The van der Waals surface area contributed by atoms with E-state index in [1.807, 2.05) is 0 Å². The molecule has 0 amide bonds. The number of benzene rings is 2. The lowest BCUT2D eigenvalue weighted by Crippen LogP contribution is -2.54. The van der Waals surface area contributed by atoms with Crippen LogP contribution in [0.1, 0.15) is 35.1 Å². The van der Waals surface area contributed by atoms with Crippen molar-refractivity contribution in [2.45, 2.75) is 55.7 Å². The summed E-state index contributed by atoms with van der Waals surface area (Å²) in [5.74, 6) is 0. The van der Waals surface area contributed by atoms with Gasteiger partial charge in [0.15, 0.2) is 0 Å². The molecule has 4 nitrogen and oxygen atoms in total. The van der Waals surface area contributed by atoms with Crippen molar-refractivity contribution >= 4 is 0 Å². The average Bonchev–Trinajstić information content (AvgIpc) is 3.75. The van der Waals surface area contributed by atoms with Crippen LogP contribution in [0.4, 0.5) is 26.3 Å². The van der Waals surface area contributed by atoms with Gasteiger partial charge in [0, 0.05) is 13.2 Å². The highest BCUT2D eigenvalue weighted by Gasteiger charge is 2.72. The number of hydrogen-bond donors (Lipinski definition) is 0. The summed E-state index contributed by atoms with van der Waals surface area (Å²) < 4.78 is 107. The topological polar surface area (TPSA) is 43.5 Å². The summed E-state index contributed by atoms with van der Waals surface area (Å²) in [5.41, 5.74) is -4.58. The molecule has 10 heteroatoms. The van der Waals surface area contributed by atoms with Gasteiger partial charge in [0.1, 0.15) is 12.2 Å². The van der Waals surface area contributed by atoms with E-state index in [1.165, 1.54) is 24.3 Å². The van der Waals surface area contributed by atoms with Gasteiger partial charge in [-0.05, 0) is 47.9 Å². The monoisotopic (exact) mass is 532 g/mol. The highest BCUT2D eigenvalue weighted by molar-refractivity contribution is 5.45. The second kappa shape index (κ2) is 11.7. The van der Waals surface area contributed by atoms with Crippen LogP contribution in [0.3, 0.4) is 0 Å². The van der Waals surface area contributed by atoms with E-state index < -0.39 is 28.9 Å². The molecule has 2 saturated heterocycles. The molecule has 2 aromatic carbocycles. The van der Waals surface area contributed by atoms with Gasteiger partial charge in [-0.2, -0.15) is 26.3 Å². The summed E-state index contributed by atoms with van der Waals surface area (Å²) in [6.45, 7) is 3.20. The quantitative estimate of drug-likeness (QED) is 0.176. The van der Waals surface area contributed by atoms with E-state index in [4.69, 9.17) is 18.9 Å². The van der Waals surface area contributed by atoms with Gasteiger partial charge >= 0.3 is 12.4 Å². The van der Waals surface area contributed by atoms with Gasteiger partial charge in [0.2, 0.25) is 5.41 Å². The van der Waals surface area contributed by atoms with Gasteiger partial charge in [-0.1, -0.05) is 48.5 Å². The minimum absolute atomic E-state index is 0.132. The number of ether oxygens (including phenoxy) is 4. The molecule has 204 valence electrons. The third-order valence-corrected chi connectivity index (χ3v) is 6.54. The van der Waals surface area contributed by atoms with Crippen molar-refractivity contribution in [2.75, 3.05) is 39.6 Å². The Balaban J connectivity index is 1.47. The van der Waals surface area contributed by atoms with Crippen LogP contribution in [-0.4, -0.2) is 64.2 Å². The molecule has 0 bridgehead atoms. The lowest BCUT2D eigenvalue weighted by Gasteiger charge is -2.38. The van der Waals surface area contributed by atoms with E-state index in [0.29, 0.717) is 76.5 Å². The molecular formula is C27H30F6O4. The number of halogens is 6. The first-order chi connectivity index (χ1) is 17.6. The predicted octanol–water partition coefficient (Wildman–Crippen LogP) is 5.79. The lowest BCUT2D eigenvalue weighted by molar-refractivity contribution is -0.288. The largest absolute Gasteiger partial charge is 0.411 e. The maximum absolute atomic E-state index is 14.4. The van der Waals surface area contributed by atoms with E-state index in [9.17, 15) is 26.3 Å². The van der Waals surface area contributed by atoms with E-state index in [0.717, 1.165) is 24.3 Å². The Labute approximate surface area is 211 Å². The van der Waals surface area contributed by atoms with E-state index >= 15 is 0 Å². The zero-order valence-electron chi connectivity index (χ0n) is 20.2. The zero-order valence-corrected chi connectivity index (χ0v) is 20.2. The Kier molecular flexibility index (Phi) is 8.83. The Morgan fingerprint density at radius 2 is 0.973 bits per heavy atom. The minimum atomic E-state index is -5.61. The fourth-order valence-electron chi connectivity index (χ4n) is 4.34. The Morgan fingerprint density at radius 1 is 0.622 bits per heavy atom. The summed E-state index contributed by atoms with van der Waals surface area (Å²) >= 11 is 0. The molecule has 0 radical (unpaired) electrons. The zero-order chi connectivity index (χ0) is 26.5. The van der Waals surface area contributed by atoms with Crippen molar-refractivity contribution in [3.63, 3.8) is 0 Å². The summed E-state index contributed by atoms with van der Waals surface area (Å²) in [6, 6.07) is 9.04. The van der Waals surface area contributed by atoms with Crippen molar-refractivity contribution < 1.29 is 45.3 Å². The maximum Gasteiger partial charge on any atom is 0.411 e. The smallest absolute Gasteiger partial charge is 0.379 e. The summed E-state index contributed by atoms with van der Waals surface area (Å²) in [6.07, 6.45) is -8.81. The summed E-state index contributed by atoms with van der Waals surface area (Å²) in [7, 11) is 0. The molecule has 2 aromatic rings. The van der Waals surface area contributed by atoms with Crippen LogP contribution < -0.4 is 0 Å². The molecule has 0 aliphatic carbocycles. The average molecular weight is 533 g/mol. The third kappa shape index (κ3) is 7.04. The molecule has 0 spiro atoms. The van der Waals surface area contributed by atoms with Gasteiger partial charge in [-0.3, -0.25) is 0 Å². The number of rotatable bonds is 14. The molecule has 0 saturated carbocycles. The molecule has 2 atom stereocenters.